The van der Waals surface area contributed by atoms with Gasteiger partial charge >= 0.3 is 0 Å². The molecule has 0 aromatic heterocycles. The van der Waals surface area contributed by atoms with Gasteiger partial charge in [0.05, 0.1) is 19.3 Å². The first-order valence-electron chi connectivity index (χ1n) is 7.42. The Hall–Kier alpha value is -1.06. The molecule has 0 saturated carbocycles. The van der Waals surface area contributed by atoms with Crippen LogP contribution < -0.4 is 10.1 Å². The van der Waals surface area contributed by atoms with Crippen molar-refractivity contribution in [1.82, 2.24) is 5.32 Å². The molecule has 1 aliphatic rings. The molecular formula is C16H25NO2. The van der Waals surface area contributed by atoms with Gasteiger partial charge in [0, 0.05) is 13.0 Å². The molecule has 1 unspecified atom stereocenters. The molecule has 0 saturated heterocycles. The van der Waals surface area contributed by atoms with Crippen molar-refractivity contribution in [2.75, 3.05) is 26.4 Å². The van der Waals surface area contributed by atoms with Crippen LogP contribution >= 0.6 is 0 Å². The van der Waals surface area contributed by atoms with Gasteiger partial charge in [0.15, 0.2) is 0 Å². The van der Waals surface area contributed by atoms with Crippen molar-refractivity contribution in [2.45, 2.75) is 39.2 Å². The SMILES string of the molecule is CCCNC(COCCC)c1ccc2c(c1)CCO2. The molecule has 0 amide bonds. The fraction of sp³-hybridized carbons (Fsp3) is 0.625. The Morgan fingerprint density at radius 3 is 3.00 bits per heavy atom. The smallest absolute Gasteiger partial charge is 0.122 e. The first-order valence-corrected chi connectivity index (χ1v) is 7.42. The van der Waals surface area contributed by atoms with Crippen molar-refractivity contribution in [2.24, 2.45) is 0 Å². The summed E-state index contributed by atoms with van der Waals surface area (Å²) in [5.41, 5.74) is 2.64. The maximum absolute atomic E-state index is 5.72. The van der Waals surface area contributed by atoms with Gasteiger partial charge in [0.25, 0.3) is 0 Å². The lowest BCUT2D eigenvalue weighted by molar-refractivity contribution is 0.112. The van der Waals surface area contributed by atoms with E-state index in [9.17, 15) is 0 Å². The van der Waals surface area contributed by atoms with Gasteiger partial charge in [-0.3, -0.25) is 0 Å². The molecule has 1 atom stereocenters. The normalized spacial score (nSPS) is 15.1. The third-order valence-electron chi connectivity index (χ3n) is 3.39. The van der Waals surface area contributed by atoms with Crippen LogP contribution in [0.15, 0.2) is 18.2 Å². The number of rotatable bonds is 8. The summed E-state index contributed by atoms with van der Waals surface area (Å²) in [5, 5.41) is 3.57. The number of nitrogens with one attached hydrogen (secondary N) is 1. The van der Waals surface area contributed by atoms with Crippen LogP contribution in [0.25, 0.3) is 0 Å². The Morgan fingerprint density at radius 2 is 2.21 bits per heavy atom. The van der Waals surface area contributed by atoms with Crippen LogP contribution in [-0.2, 0) is 11.2 Å². The third-order valence-corrected chi connectivity index (χ3v) is 3.39. The van der Waals surface area contributed by atoms with Crippen molar-refractivity contribution in [3.63, 3.8) is 0 Å². The number of benzene rings is 1. The lowest BCUT2D eigenvalue weighted by atomic mass is 10.0. The molecule has 3 heteroatoms. The summed E-state index contributed by atoms with van der Waals surface area (Å²) in [5.74, 6) is 1.05. The predicted octanol–water partition coefficient (Wildman–Crippen LogP) is 3.09. The first-order chi connectivity index (χ1) is 9.35. The van der Waals surface area contributed by atoms with Gasteiger partial charge in [-0.2, -0.15) is 0 Å². The van der Waals surface area contributed by atoms with Crippen molar-refractivity contribution in [1.29, 1.82) is 0 Å². The van der Waals surface area contributed by atoms with E-state index in [1.54, 1.807) is 0 Å². The van der Waals surface area contributed by atoms with E-state index < -0.39 is 0 Å². The predicted molar refractivity (Wildman–Crippen MR) is 77.8 cm³/mol. The van der Waals surface area contributed by atoms with Gasteiger partial charge in [-0.05, 0) is 36.6 Å². The highest BCUT2D eigenvalue weighted by Gasteiger charge is 2.16. The Kier molecular flexibility index (Phi) is 5.67. The minimum Gasteiger partial charge on any atom is -0.493 e. The molecule has 1 aliphatic heterocycles. The Labute approximate surface area is 116 Å². The second-order valence-corrected chi connectivity index (χ2v) is 5.05. The van der Waals surface area contributed by atoms with Crippen molar-refractivity contribution in [3.8, 4) is 5.75 Å². The van der Waals surface area contributed by atoms with Crippen LogP contribution in [0.1, 0.15) is 43.9 Å². The van der Waals surface area contributed by atoms with Gasteiger partial charge in [-0.25, -0.2) is 0 Å². The van der Waals surface area contributed by atoms with Crippen LogP contribution in [0, 0.1) is 0 Å². The van der Waals surface area contributed by atoms with Crippen LogP contribution in [0.4, 0.5) is 0 Å². The summed E-state index contributed by atoms with van der Waals surface area (Å²) < 4.78 is 11.3. The zero-order valence-corrected chi connectivity index (χ0v) is 12.1. The quantitative estimate of drug-likeness (QED) is 0.731. The lowest BCUT2D eigenvalue weighted by Crippen LogP contribution is -2.26. The van der Waals surface area contributed by atoms with E-state index >= 15 is 0 Å². The molecule has 0 radical (unpaired) electrons. The summed E-state index contributed by atoms with van der Waals surface area (Å²) in [4.78, 5) is 0. The maximum atomic E-state index is 5.72. The van der Waals surface area contributed by atoms with E-state index in [1.165, 1.54) is 11.1 Å². The summed E-state index contributed by atoms with van der Waals surface area (Å²) in [7, 11) is 0. The van der Waals surface area contributed by atoms with Crippen molar-refractivity contribution >= 4 is 0 Å². The molecule has 0 aliphatic carbocycles. The topological polar surface area (TPSA) is 30.5 Å². The van der Waals surface area contributed by atoms with E-state index in [1.807, 2.05) is 0 Å². The molecule has 0 fully saturated rings. The first kappa shape index (κ1) is 14.4. The number of fused-ring (bicyclic) bond motifs is 1. The maximum Gasteiger partial charge on any atom is 0.122 e. The largest absolute Gasteiger partial charge is 0.493 e. The molecule has 0 spiro atoms. The number of hydrogen-bond acceptors (Lipinski definition) is 3. The van der Waals surface area contributed by atoms with Gasteiger partial charge in [-0.1, -0.05) is 26.0 Å². The Balaban J connectivity index is 2.03. The highest BCUT2D eigenvalue weighted by Crippen LogP contribution is 2.28. The van der Waals surface area contributed by atoms with Gasteiger partial charge in [0.1, 0.15) is 5.75 Å². The van der Waals surface area contributed by atoms with E-state index in [4.69, 9.17) is 9.47 Å². The minimum atomic E-state index is 0.289. The summed E-state index contributed by atoms with van der Waals surface area (Å²) in [6, 6.07) is 6.81. The monoisotopic (exact) mass is 263 g/mol. The molecule has 3 nitrogen and oxygen atoms in total. The van der Waals surface area contributed by atoms with E-state index in [-0.39, 0.29) is 6.04 Å². The van der Waals surface area contributed by atoms with Gasteiger partial charge < -0.3 is 14.8 Å². The van der Waals surface area contributed by atoms with Crippen LogP contribution in [0.5, 0.6) is 5.75 Å². The molecule has 19 heavy (non-hydrogen) atoms. The summed E-state index contributed by atoms with van der Waals surface area (Å²) in [6.45, 7) is 7.74. The van der Waals surface area contributed by atoms with Gasteiger partial charge in [0.2, 0.25) is 0 Å². The minimum absolute atomic E-state index is 0.289. The van der Waals surface area contributed by atoms with Crippen molar-refractivity contribution in [3.05, 3.63) is 29.3 Å². The summed E-state index contributed by atoms with van der Waals surface area (Å²) in [6.07, 6.45) is 3.23. The van der Waals surface area contributed by atoms with Crippen molar-refractivity contribution < 1.29 is 9.47 Å². The van der Waals surface area contributed by atoms with Crippen LogP contribution in [0.2, 0.25) is 0 Å². The highest BCUT2D eigenvalue weighted by atomic mass is 16.5. The van der Waals surface area contributed by atoms with Gasteiger partial charge in [-0.15, -0.1) is 0 Å². The second kappa shape index (κ2) is 7.51. The zero-order valence-electron chi connectivity index (χ0n) is 12.1. The lowest BCUT2D eigenvalue weighted by Gasteiger charge is -2.19. The molecule has 106 valence electrons. The fourth-order valence-corrected chi connectivity index (χ4v) is 2.36. The summed E-state index contributed by atoms with van der Waals surface area (Å²) >= 11 is 0. The molecule has 1 heterocycles. The molecule has 0 bridgehead atoms. The molecule has 2 rings (SSSR count). The molecular weight excluding hydrogens is 238 g/mol. The molecule has 1 aromatic rings. The zero-order chi connectivity index (χ0) is 13.5. The van der Waals surface area contributed by atoms with Crippen LogP contribution in [-0.4, -0.2) is 26.4 Å². The number of ether oxygens (including phenoxy) is 2. The second-order valence-electron chi connectivity index (χ2n) is 5.05. The molecule has 1 aromatic carbocycles. The Morgan fingerprint density at radius 1 is 1.32 bits per heavy atom. The average molecular weight is 263 g/mol. The average Bonchev–Trinajstić information content (AvgIpc) is 2.90. The molecule has 1 N–H and O–H groups in total. The van der Waals surface area contributed by atoms with E-state index in [0.717, 1.165) is 51.4 Å². The van der Waals surface area contributed by atoms with E-state index in [2.05, 4.69) is 37.4 Å². The fourth-order valence-electron chi connectivity index (χ4n) is 2.36. The highest BCUT2D eigenvalue weighted by molar-refractivity contribution is 5.40. The third kappa shape index (κ3) is 3.95. The Bertz CT molecular complexity index is 392. The van der Waals surface area contributed by atoms with Crippen LogP contribution in [0.3, 0.4) is 0 Å². The van der Waals surface area contributed by atoms with E-state index in [0.29, 0.717) is 0 Å². The number of hydrogen-bond donors (Lipinski definition) is 1. The standard InChI is InChI=1S/C16H25NO2/c1-3-8-17-15(12-18-9-4-2)13-5-6-16-14(11-13)7-10-19-16/h5-6,11,15,17H,3-4,7-10,12H2,1-2H3.